The third kappa shape index (κ3) is 2.62. The van der Waals surface area contributed by atoms with Gasteiger partial charge in [-0.2, -0.15) is 0 Å². The lowest BCUT2D eigenvalue weighted by molar-refractivity contribution is 0.0950. The lowest BCUT2D eigenvalue weighted by atomic mass is 9.77. The number of cyclic esters (lactones) is 1. The SMILES string of the molecule is O=C(NC[C@H]1Cc2ccccc21)c1cccc(N2CCOC2=O)c1. The van der Waals surface area contributed by atoms with Crippen molar-refractivity contribution in [1.82, 2.24) is 5.32 Å². The molecule has 1 atom stereocenters. The van der Waals surface area contributed by atoms with E-state index in [-0.39, 0.29) is 12.0 Å². The van der Waals surface area contributed by atoms with Crippen LogP contribution < -0.4 is 10.2 Å². The maximum Gasteiger partial charge on any atom is 0.414 e. The van der Waals surface area contributed by atoms with Crippen molar-refractivity contribution in [3.8, 4) is 0 Å². The first-order valence-corrected chi connectivity index (χ1v) is 8.13. The van der Waals surface area contributed by atoms with Crippen molar-refractivity contribution in [2.45, 2.75) is 12.3 Å². The highest BCUT2D eigenvalue weighted by molar-refractivity contribution is 5.97. The molecule has 0 saturated carbocycles. The number of anilines is 1. The normalized spacial score (nSPS) is 18.6. The number of nitrogens with zero attached hydrogens (tertiary/aromatic N) is 1. The number of benzene rings is 2. The molecule has 5 heteroatoms. The van der Waals surface area contributed by atoms with Crippen LogP contribution in [0, 0.1) is 0 Å². The Morgan fingerprint density at radius 3 is 2.88 bits per heavy atom. The predicted molar refractivity (Wildman–Crippen MR) is 90.4 cm³/mol. The third-order valence-electron chi connectivity index (χ3n) is 4.65. The summed E-state index contributed by atoms with van der Waals surface area (Å²) in [6.45, 7) is 1.53. The molecule has 1 aliphatic heterocycles. The van der Waals surface area contributed by atoms with Gasteiger partial charge in [-0.15, -0.1) is 0 Å². The zero-order valence-corrected chi connectivity index (χ0v) is 13.2. The molecule has 4 rings (SSSR count). The van der Waals surface area contributed by atoms with Gasteiger partial charge in [0.1, 0.15) is 6.61 Å². The molecule has 0 radical (unpaired) electrons. The Balaban J connectivity index is 1.41. The van der Waals surface area contributed by atoms with E-state index in [0.29, 0.717) is 36.9 Å². The maximum absolute atomic E-state index is 12.4. The van der Waals surface area contributed by atoms with Crippen LogP contribution >= 0.6 is 0 Å². The number of carbonyl (C=O) groups excluding carboxylic acids is 2. The monoisotopic (exact) mass is 322 g/mol. The van der Waals surface area contributed by atoms with E-state index in [1.165, 1.54) is 11.1 Å². The van der Waals surface area contributed by atoms with E-state index in [1.807, 2.05) is 18.2 Å². The molecular formula is C19H18N2O3. The number of hydrogen-bond acceptors (Lipinski definition) is 3. The van der Waals surface area contributed by atoms with Gasteiger partial charge in [-0.1, -0.05) is 30.3 Å². The highest BCUT2D eigenvalue weighted by atomic mass is 16.6. The fourth-order valence-electron chi connectivity index (χ4n) is 3.31. The van der Waals surface area contributed by atoms with Gasteiger partial charge >= 0.3 is 6.09 Å². The van der Waals surface area contributed by atoms with Crippen LogP contribution in [-0.4, -0.2) is 31.7 Å². The summed E-state index contributed by atoms with van der Waals surface area (Å²) in [6, 6.07) is 15.4. The summed E-state index contributed by atoms with van der Waals surface area (Å²) in [4.78, 5) is 25.6. The van der Waals surface area contributed by atoms with Crippen LogP contribution in [0.1, 0.15) is 27.4 Å². The minimum absolute atomic E-state index is 0.117. The number of carbonyl (C=O) groups is 2. The van der Waals surface area contributed by atoms with E-state index in [9.17, 15) is 9.59 Å². The van der Waals surface area contributed by atoms with E-state index in [2.05, 4.69) is 17.4 Å². The summed E-state index contributed by atoms with van der Waals surface area (Å²) >= 11 is 0. The van der Waals surface area contributed by atoms with Crippen LogP contribution in [0.15, 0.2) is 48.5 Å². The summed E-state index contributed by atoms with van der Waals surface area (Å²) in [5.41, 5.74) is 3.94. The van der Waals surface area contributed by atoms with E-state index in [0.717, 1.165) is 6.42 Å². The first-order valence-electron chi connectivity index (χ1n) is 8.13. The molecule has 0 spiro atoms. The number of fused-ring (bicyclic) bond motifs is 1. The standard InChI is InChI=1S/C19H18N2O3/c22-18(20-12-15-10-13-4-1-2-7-17(13)15)14-5-3-6-16(11-14)21-8-9-24-19(21)23/h1-7,11,15H,8-10,12H2,(H,20,22)/t15-/m1/s1. The van der Waals surface area contributed by atoms with Crippen molar-refractivity contribution < 1.29 is 14.3 Å². The second-order valence-electron chi connectivity index (χ2n) is 6.13. The second kappa shape index (κ2) is 6.00. The van der Waals surface area contributed by atoms with E-state index >= 15 is 0 Å². The Labute approximate surface area is 140 Å². The van der Waals surface area contributed by atoms with Crippen LogP contribution in [0.25, 0.3) is 0 Å². The molecular weight excluding hydrogens is 304 g/mol. The van der Waals surface area contributed by atoms with Gasteiger partial charge in [0.25, 0.3) is 5.91 Å². The Morgan fingerprint density at radius 1 is 1.21 bits per heavy atom. The molecule has 2 aliphatic rings. The molecule has 0 aromatic heterocycles. The van der Waals surface area contributed by atoms with Crippen LogP contribution in [0.5, 0.6) is 0 Å². The van der Waals surface area contributed by atoms with Crippen LogP contribution in [0.4, 0.5) is 10.5 Å². The average Bonchev–Trinajstić information content (AvgIpc) is 3.02. The van der Waals surface area contributed by atoms with Crippen molar-refractivity contribution in [3.63, 3.8) is 0 Å². The Morgan fingerprint density at radius 2 is 2.08 bits per heavy atom. The minimum atomic E-state index is -0.362. The van der Waals surface area contributed by atoms with Crippen molar-refractivity contribution in [2.75, 3.05) is 24.6 Å². The molecule has 2 aromatic rings. The van der Waals surface area contributed by atoms with Gasteiger partial charge in [0, 0.05) is 23.7 Å². The van der Waals surface area contributed by atoms with Gasteiger partial charge < -0.3 is 10.1 Å². The first kappa shape index (κ1) is 14.8. The average molecular weight is 322 g/mol. The summed E-state index contributed by atoms with van der Waals surface area (Å²) in [5.74, 6) is 0.274. The molecule has 2 amide bonds. The molecule has 2 aromatic carbocycles. The smallest absolute Gasteiger partial charge is 0.414 e. The van der Waals surface area contributed by atoms with Crippen molar-refractivity contribution in [1.29, 1.82) is 0 Å². The van der Waals surface area contributed by atoms with Crippen molar-refractivity contribution in [2.24, 2.45) is 0 Å². The molecule has 0 unspecified atom stereocenters. The van der Waals surface area contributed by atoms with E-state index < -0.39 is 0 Å². The van der Waals surface area contributed by atoms with Gasteiger partial charge in [0.15, 0.2) is 0 Å². The van der Waals surface area contributed by atoms with Gasteiger partial charge in [-0.3, -0.25) is 9.69 Å². The molecule has 5 nitrogen and oxygen atoms in total. The van der Waals surface area contributed by atoms with Gasteiger partial charge in [-0.25, -0.2) is 4.79 Å². The summed E-state index contributed by atoms with van der Waals surface area (Å²) in [7, 11) is 0. The number of ether oxygens (including phenoxy) is 1. The quantitative estimate of drug-likeness (QED) is 0.941. The number of hydrogen-bond donors (Lipinski definition) is 1. The highest BCUT2D eigenvalue weighted by Gasteiger charge is 2.26. The Bertz CT molecular complexity index is 803. The van der Waals surface area contributed by atoms with Crippen LogP contribution in [0.2, 0.25) is 0 Å². The largest absolute Gasteiger partial charge is 0.447 e. The lowest BCUT2D eigenvalue weighted by Gasteiger charge is -2.30. The van der Waals surface area contributed by atoms with Crippen LogP contribution in [0.3, 0.4) is 0 Å². The highest BCUT2D eigenvalue weighted by Crippen LogP contribution is 2.34. The lowest BCUT2D eigenvalue weighted by Crippen LogP contribution is -2.33. The van der Waals surface area contributed by atoms with Gasteiger partial charge in [0.05, 0.1) is 6.54 Å². The molecule has 1 heterocycles. The molecule has 1 N–H and O–H groups in total. The van der Waals surface area contributed by atoms with Gasteiger partial charge in [0.2, 0.25) is 0 Å². The van der Waals surface area contributed by atoms with Crippen LogP contribution in [-0.2, 0) is 11.2 Å². The second-order valence-corrected chi connectivity index (χ2v) is 6.13. The van der Waals surface area contributed by atoms with Gasteiger partial charge in [-0.05, 0) is 35.7 Å². The fourth-order valence-corrected chi connectivity index (χ4v) is 3.31. The molecule has 1 fully saturated rings. The Kier molecular flexibility index (Phi) is 3.69. The molecule has 122 valence electrons. The molecule has 1 saturated heterocycles. The van der Waals surface area contributed by atoms with Crippen molar-refractivity contribution in [3.05, 3.63) is 65.2 Å². The number of nitrogens with one attached hydrogen (secondary N) is 1. The number of rotatable bonds is 4. The molecule has 24 heavy (non-hydrogen) atoms. The molecule has 0 bridgehead atoms. The predicted octanol–water partition coefficient (Wildman–Crippen LogP) is 2.71. The minimum Gasteiger partial charge on any atom is -0.447 e. The molecule has 1 aliphatic carbocycles. The zero-order valence-electron chi connectivity index (χ0n) is 13.2. The Hall–Kier alpha value is -2.82. The summed E-state index contributed by atoms with van der Waals surface area (Å²) in [6.07, 6.45) is 0.648. The third-order valence-corrected chi connectivity index (χ3v) is 4.65. The van der Waals surface area contributed by atoms with Crippen molar-refractivity contribution >= 4 is 17.7 Å². The maximum atomic E-state index is 12.4. The summed E-state index contributed by atoms with van der Waals surface area (Å²) < 4.78 is 4.94. The topological polar surface area (TPSA) is 58.6 Å². The van der Waals surface area contributed by atoms with E-state index in [4.69, 9.17) is 4.74 Å². The zero-order chi connectivity index (χ0) is 16.5. The fraction of sp³-hybridized carbons (Fsp3) is 0.263. The summed E-state index contributed by atoms with van der Waals surface area (Å²) in [5, 5.41) is 3.00. The first-order chi connectivity index (χ1) is 11.7. The van der Waals surface area contributed by atoms with E-state index in [1.54, 1.807) is 23.1 Å². The number of amides is 2.